The number of carbonyl (C=O) groups excluding carboxylic acids is 1. The van der Waals surface area contributed by atoms with Gasteiger partial charge in [0.05, 0.1) is 6.61 Å². The Hall–Kier alpha value is -1.58. The van der Waals surface area contributed by atoms with Gasteiger partial charge >= 0.3 is 5.97 Å². The van der Waals surface area contributed by atoms with Crippen molar-refractivity contribution in [1.82, 2.24) is 0 Å². The van der Waals surface area contributed by atoms with E-state index < -0.39 is 6.04 Å². The Morgan fingerprint density at radius 2 is 2.38 bits per heavy atom. The minimum Gasteiger partial charge on any atom is -0.464 e. The summed E-state index contributed by atoms with van der Waals surface area (Å²) in [5, 5.41) is 2.97. The molecule has 1 aliphatic rings. The summed E-state index contributed by atoms with van der Waals surface area (Å²) in [4.78, 5) is 11.5. The smallest absolute Gasteiger partial charge is 0.328 e. The predicted molar refractivity (Wildman–Crippen MR) is 58.9 cm³/mol. The number of nitrogens with one attached hydrogen (secondary N) is 1. The van der Waals surface area contributed by atoms with Gasteiger partial charge < -0.3 is 10.1 Å². The van der Waals surface area contributed by atoms with Gasteiger partial charge in [-0.1, -0.05) is 6.07 Å². The third kappa shape index (κ3) is 1.75. The van der Waals surface area contributed by atoms with Crippen molar-refractivity contribution in [2.45, 2.75) is 26.3 Å². The van der Waals surface area contributed by atoms with Crippen LogP contribution in [0.5, 0.6) is 0 Å². The van der Waals surface area contributed by atoms with Crippen molar-refractivity contribution >= 4 is 11.7 Å². The van der Waals surface area contributed by atoms with Crippen molar-refractivity contribution in [3.05, 3.63) is 29.1 Å². The van der Waals surface area contributed by atoms with Gasteiger partial charge in [0.1, 0.15) is 11.9 Å². The van der Waals surface area contributed by atoms with Gasteiger partial charge in [-0.15, -0.1) is 0 Å². The number of halogens is 1. The standard InChI is InChI=1S/C12H14FNO2/c1-3-16-12(15)10-6-8-9(14-10)5-4-7(2)11(8)13/h4-5,10,14H,3,6H2,1-2H3. The molecular weight excluding hydrogens is 209 g/mol. The summed E-state index contributed by atoms with van der Waals surface area (Å²) in [6.07, 6.45) is 0.363. The molecule has 0 saturated heterocycles. The van der Waals surface area contributed by atoms with Crippen molar-refractivity contribution in [2.75, 3.05) is 11.9 Å². The molecule has 0 aliphatic carbocycles. The van der Waals surface area contributed by atoms with Crippen LogP contribution in [0, 0.1) is 12.7 Å². The highest BCUT2D eigenvalue weighted by Gasteiger charge is 2.30. The molecule has 1 unspecified atom stereocenters. The Bertz CT molecular complexity index is 431. The Balaban J connectivity index is 2.21. The highest BCUT2D eigenvalue weighted by Crippen LogP contribution is 2.30. The number of ether oxygens (including phenoxy) is 1. The van der Waals surface area contributed by atoms with Crippen LogP contribution in [0.15, 0.2) is 12.1 Å². The summed E-state index contributed by atoms with van der Waals surface area (Å²) in [5.74, 6) is -0.549. The van der Waals surface area contributed by atoms with Crippen molar-refractivity contribution in [2.24, 2.45) is 0 Å². The van der Waals surface area contributed by atoms with Crippen LogP contribution < -0.4 is 5.32 Å². The normalized spacial score (nSPS) is 17.8. The minimum absolute atomic E-state index is 0.225. The number of esters is 1. The van der Waals surface area contributed by atoms with Crippen molar-refractivity contribution in [3.8, 4) is 0 Å². The van der Waals surface area contributed by atoms with Crippen LogP contribution in [-0.2, 0) is 16.0 Å². The molecular formula is C12H14FNO2. The molecule has 4 heteroatoms. The molecule has 16 heavy (non-hydrogen) atoms. The summed E-state index contributed by atoms with van der Waals surface area (Å²) in [7, 11) is 0. The SMILES string of the molecule is CCOC(=O)C1Cc2c(ccc(C)c2F)N1. The second kappa shape index (κ2) is 4.12. The lowest BCUT2D eigenvalue weighted by Gasteiger charge is -2.09. The van der Waals surface area contributed by atoms with E-state index in [9.17, 15) is 9.18 Å². The van der Waals surface area contributed by atoms with Gasteiger partial charge in [-0.25, -0.2) is 9.18 Å². The molecule has 0 radical (unpaired) electrons. The third-order valence-corrected chi connectivity index (χ3v) is 2.75. The number of hydrogen-bond donors (Lipinski definition) is 1. The summed E-state index contributed by atoms with van der Waals surface area (Å²) < 4.78 is 18.6. The summed E-state index contributed by atoms with van der Waals surface area (Å²) in [6.45, 7) is 3.81. The molecule has 0 fully saturated rings. The zero-order valence-corrected chi connectivity index (χ0v) is 9.34. The average Bonchev–Trinajstić information content (AvgIpc) is 2.69. The van der Waals surface area contributed by atoms with E-state index >= 15 is 0 Å². The number of hydrogen-bond acceptors (Lipinski definition) is 3. The highest BCUT2D eigenvalue weighted by molar-refractivity contribution is 5.83. The summed E-state index contributed by atoms with van der Waals surface area (Å²) in [6, 6.07) is 3.05. The molecule has 1 atom stereocenters. The molecule has 1 N–H and O–H groups in total. The first-order chi connectivity index (χ1) is 7.63. The fourth-order valence-electron chi connectivity index (χ4n) is 1.90. The second-order valence-corrected chi connectivity index (χ2v) is 3.88. The summed E-state index contributed by atoms with van der Waals surface area (Å²) >= 11 is 0. The maximum atomic E-state index is 13.7. The molecule has 2 rings (SSSR count). The largest absolute Gasteiger partial charge is 0.464 e. The molecule has 0 aromatic heterocycles. The Morgan fingerprint density at radius 1 is 1.62 bits per heavy atom. The third-order valence-electron chi connectivity index (χ3n) is 2.75. The van der Waals surface area contributed by atoms with Crippen LogP contribution in [0.1, 0.15) is 18.1 Å². The molecule has 1 aromatic rings. The van der Waals surface area contributed by atoms with E-state index in [0.29, 0.717) is 29.8 Å². The lowest BCUT2D eigenvalue weighted by molar-refractivity contribution is -0.143. The van der Waals surface area contributed by atoms with E-state index in [1.807, 2.05) is 0 Å². The first-order valence-corrected chi connectivity index (χ1v) is 5.34. The van der Waals surface area contributed by atoms with Gasteiger partial charge in [0.15, 0.2) is 0 Å². The zero-order valence-electron chi connectivity index (χ0n) is 9.34. The Kier molecular flexibility index (Phi) is 2.81. The molecule has 1 aliphatic heterocycles. The van der Waals surface area contributed by atoms with E-state index in [-0.39, 0.29) is 11.8 Å². The summed E-state index contributed by atoms with van der Waals surface area (Å²) in [5.41, 5.74) is 1.88. The first kappa shape index (κ1) is 10.9. The van der Waals surface area contributed by atoms with Crippen LogP contribution in [0.25, 0.3) is 0 Å². The Labute approximate surface area is 93.6 Å². The topological polar surface area (TPSA) is 38.3 Å². The van der Waals surface area contributed by atoms with Crippen LogP contribution >= 0.6 is 0 Å². The van der Waals surface area contributed by atoms with Crippen molar-refractivity contribution in [1.29, 1.82) is 0 Å². The fraction of sp³-hybridized carbons (Fsp3) is 0.417. The predicted octanol–water partition coefficient (Wildman–Crippen LogP) is 2.03. The molecule has 1 heterocycles. The molecule has 0 amide bonds. The minimum atomic E-state index is -0.453. The quantitative estimate of drug-likeness (QED) is 0.780. The monoisotopic (exact) mass is 223 g/mol. The van der Waals surface area contributed by atoms with Gasteiger partial charge in [0.25, 0.3) is 0 Å². The van der Waals surface area contributed by atoms with E-state index in [4.69, 9.17) is 4.74 Å². The van der Waals surface area contributed by atoms with Gasteiger partial charge in [-0.3, -0.25) is 0 Å². The lowest BCUT2D eigenvalue weighted by atomic mass is 10.1. The number of fused-ring (bicyclic) bond motifs is 1. The van der Waals surface area contributed by atoms with Crippen LogP contribution in [0.3, 0.4) is 0 Å². The number of anilines is 1. The number of rotatable bonds is 2. The molecule has 1 aromatic carbocycles. The van der Waals surface area contributed by atoms with E-state index in [1.165, 1.54) is 0 Å². The maximum Gasteiger partial charge on any atom is 0.328 e. The van der Waals surface area contributed by atoms with Gasteiger partial charge in [0.2, 0.25) is 0 Å². The molecule has 0 spiro atoms. The first-order valence-electron chi connectivity index (χ1n) is 5.34. The van der Waals surface area contributed by atoms with Crippen LogP contribution in [0.4, 0.5) is 10.1 Å². The zero-order chi connectivity index (χ0) is 11.7. The molecule has 3 nitrogen and oxygen atoms in total. The van der Waals surface area contributed by atoms with Gasteiger partial charge in [0, 0.05) is 17.7 Å². The highest BCUT2D eigenvalue weighted by atomic mass is 19.1. The second-order valence-electron chi connectivity index (χ2n) is 3.88. The Morgan fingerprint density at radius 3 is 3.06 bits per heavy atom. The van der Waals surface area contributed by atoms with Gasteiger partial charge in [-0.2, -0.15) is 0 Å². The van der Waals surface area contributed by atoms with Crippen LogP contribution in [0.2, 0.25) is 0 Å². The maximum absolute atomic E-state index is 13.7. The van der Waals surface area contributed by atoms with Crippen LogP contribution in [-0.4, -0.2) is 18.6 Å². The fourth-order valence-corrected chi connectivity index (χ4v) is 1.90. The molecule has 0 saturated carbocycles. The van der Waals surface area contributed by atoms with Crippen molar-refractivity contribution < 1.29 is 13.9 Å². The average molecular weight is 223 g/mol. The van der Waals surface area contributed by atoms with E-state index in [0.717, 1.165) is 0 Å². The van der Waals surface area contributed by atoms with E-state index in [2.05, 4.69) is 5.32 Å². The number of aryl methyl sites for hydroxylation is 1. The van der Waals surface area contributed by atoms with Crippen molar-refractivity contribution in [3.63, 3.8) is 0 Å². The van der Waals surface area contributed by atoms with Gasteiger partial charge in [-0.05, 0) is 25.5 Å². The molecule has 0 bridgehead atoms. The molecule has 86 valence electrons. The van der Waals surface area contributed by atoms with E-state index in [1.54, 1.807) is 26.0 Å². The number of carbonyl (C=O) groups is 1. The number of benzene rings is 1. The lowest BCUT2D eigenvalue weighted by Crippen LogP contribution is -2.29.